The molecule has 1 saturated carbocycles. The van der Waals surface area contributed by atoms with Crippen LogP contribution in [0.4, 0.5) is 5.13 Å². The highest BCUT2D eigenvalue weighted by Crippen LogP contribution is 2.28. The van der Waals surface area contributed by atoms with Crippen LogP contribution < -0.4 is 10.2 Å². The van der Waals surface area contributed by atoms with Gasteiger partial charge in [-0.25, -0.2) is 4.98 Å². The molecule has 1 fully saturated rings. The Hall–Kier alpha value is -0.610. The molecular formula is C15H27N3S. The number of anilines is 1. The summed E-state index contributed by atoms with van der Waals surface area (Å²) in [6.07, 6.45) is 11.5. The molecule has 19 heavy (non-hydrogen) atoms. The molecule has 108 valence electrons. The molecule has 1 aromatic heterocycles. The van der Waals surface area contributed by atoms with Gasteiger partial charge >= 0.3 is 0 Å². The molecule has 0 aromatic carbocycles. The number of nitrogens with zero attached hydrogens (tertiary/aromatic N) is 2. The first-order valence-electron chi connectivity index (χ1n) is 7.69. The molecule has 2 rings (SSSR count). The molecule has 1 aliphatic carbocycles. The Balaban J connectivity index is 1.89. The number of rotatable bonds is 6. The zero-order valence-corrected chi connectivity index (χ0v) is 13.1. The third-order valence-electron chi connectivity index (χ3n) is 3.94. The quantitative estimate of drug-likeness (QED) is 0.635. The van der Waals surface area contributed by atoms with E-state index in [-0.39, 0.29) is 0 Å². The molecule has 0 unspecified atom stereocenters. The molecule has 0 saturated heterocycles. The van der Waals surface area contributed by atoms with Gasteiger partial charge in [0.1, 0.15) is 0 Å². The van der Waals surface area contributed by atoms with E-state index < -0.39 is 0 Å². The summed E-state index contributed by atoms with van der Waals surface area (Å²) in [5, 5.41) is 4.64. The maximum absolute atomic E-state index is 4.61. The van der Waals surface area contributed by atoms with Crippen LogP contribution in [0.15, 0.2) is 6.20 Å². The minimum atomic E-state index is 0.699. The lowest BCUT2D eigenvalue weighted by molar-refractivity contribution is 0.552. The second-order valence-corrected chi connectivity index (χ2v) is 6.64. The van der Waals surface area contributed by atoms with Crippen LogP contribution in [0.1, 0.15) is 56.7 Å². The Labute approximate surface area is 121 Å². The third kappa shape index (κ3) is 4.46. The van der Waals surface area contributed by atoms with Gasteiger partial charge in [-0.2, -0.15) is 0 Å². The van der Waals surface area contributed by atoms with Gasteiger partial charge in [-0.15, -0.1) is 11.3 Å². The van der Waals surface area contributed by atoms with Crippen molar-refractivity contribution in [3.8, 4) is 0 Å². The lowest BCUT2D eigenvalue weighted by Gasteiger charge is -2.26. The predicted octanol–water partition coefficient (Wildman–Crippen LogP) is 3.80. The van der Waals surface area contributed by atoms with Crippen molar-refractivity contribution in [2.24, 2.45) is 0 Å². The summed E-state index contributed by atoms with van der Waals surface area (Å²) in [5.41, 5.74) is 0. The average molecular weight is 281 g/mol. The third-order valence-corrected chi connectivity index (χ3v) is 5.03. The average Bonchev–Trinajstić information content (AvgIpc) is 2.72. The summed E-state index contributed by atoms with van der Waals surface area (Å²) in [6, 6.07) is 0.699. The first-order valence-corrected chi connectivity index (χ1v) is 8.51. The van der Waals surface area contributed by atoms with Gasteiger partial charge in [-0.1, -0.05) is 32.6 Å². The van der Waals surface area contributed by atoms with Gasteiger partial charge in [-0.05, 0) is 25.8 Å². The SMILES string of the molecule is CCCNCc1cnc(N(C)C2CCCCCC2)s1. The number of nitrogens with one attached hydrogen (secondary N) is 1. The Morgan fingerprint density at radius 1 is 1.32 bits per heavy atom. The molecule has 0 radical (unpaired) electrons. The zero-order chi connectivity index (χ0) is 13.5. The van der Waals surface area contributed by atoms with Gasteiger partial charge in [0.2, 0.25) is 0 Å². The minimum absolute atomic E-state index is 0.699. The van der Waals surface area contributed by atoms with Crippen molar-refractivity contribution in [3.05, 3.63) is 11.1 Å². The van der Waals surface area contributed by atoms with E-state index in [1.54, 1.807) is 0 Å². The molecule has 0 bridgehead atoms. The van der Waals surface area contributed by atoms with E-state index in [1.165, 1.54) is 55.0 Å². The molecular weight excluding hydrogens is 254 g/mol. The first kappa shape index (κ1) is 14.8. The molecule has 1 heterocycles. The van der Waals surface area contributed by atoms with Gasteiger partial charge in [0.25, 0.3) is 0 Å². The van der Waals surface area contributed by atoms with Crippen LogP contribution in [-0.2, 0) is 6.54 Å². The van der Waals surface area contributed by atoms with Crippen LogP contribution in [0, 0.1) is 0 Å². The van der Waals surface area contributed by atoms with E-state index in [2.05, 4.69) is 29.2 Å². The van der Waals surface area contributed by atoms with Crippen molar-refractivity contribution in [1.29, 1.82) is 0 Å². The van der Waals surface area contributed by atoms with Crippen molar-refractivity contribution in [1.82, 2.24) is 10.3 Å². The Kier molecular flexibility index (Phi) is 6.11. The number of hydrogen-bond donors (Lipinski definition) is 1. The summed E-state index contributed by atoms with van der Waals surface area (Å²) in [4.78, 5) is 8.37. The Morgan fingerprint density at radius 3 is 2.74 bits per heavy atom. The summed E-state index contributed by atoms with van der Waals surface area (Å²) < 4.78 is 0. The van der Waals surface area contributed by atoms with E-state index in [0.717, 1.165) is 13.1 Å². The van der Waals surface area contributed by atoms with Crippen LogP contribution in [0.2, 0.25) is 0 Å². The summed E-state index contributed by atoms with van der Waals surface area (Å²) in [7, 11) is 2.22. The van der Waals surface area contributed by atoms with Crippen molar-refractivity contribution in [3.63, 3.8) is 0 Å². The summed E-state index contributed by atoms with van der Waals surface area (Å²) >= 11 is 1.84. The van der Waals surface area contributed by atoms with Gasteiger partial charge in [-0.3, -0.25) is 0 Å². The molecule has 1 aromatic rings. The predicted molar refractivity (Wildman–Crippen MR) is 84.0 cm³/mol. The monoisotopic (exact) mass is 281 g/mol. The van der Waals surface area contributed by atoms with Crippen LogP contribution in [-0.4, -0.2) is 24.6 Å². The number of aromatic nitrogens is 1. The maximum Gasteiger partial charge on any atom is 0.185 e. The molecule has 0 spiro atoms. The standard InChI is InChI=1S/C15H27N3S/c1-3-10-16-11-14-12-17-15(19-14)18(2)13-8-6-4-5-7-9-13/h12-13,16H,3-11H2,1-2H3. The first-order chi connectivity index (χ1) is 9.31. The molecule has 1 N–H and O–H groups in total. The van der Waals surface area contributed by atoms with E-state index in [9.17, 15) is 0 Å². The highest BCUT2D eigenvalue weighted by atomic mass is 32.1. The topological polar surface area (TPSA) is 28.2 Å². The fourth-order valence-corrected chi connectivity index (χ4v) is 3.64. The van der Waals surface area contributed by atoms with Crippen molar-refractivity contribution < 1.29 is 0 Å². The van der Waals surface area contributed by atoms with Crippen molar-refractivity contribution in [2.45, 2.75) is 64.5 Å². The molecule has 1 aliphatic rings. The fourth-order valence-electron chi connectivity index (χ4n) is 2.73. The van der Waals surface area contributed by atoms with E-state index in [1.807, 2.05) is 17.5 Å². The van der Waals surface area contributed by atoms with Gasteiger partial charge in [0, 0.05) is 30.7 Å². The second kappa shape index (κ2) is 7.85. The Bertz CT molecular complexity index is 356. The highest BCUT2D eigenvalue weighted by Gasteiger charge is 2.19. The highest BCUT2D eigenvalue weighted by molar-refractivity contribution is 7.15. The minimum Gasteiger partial charge on any atom is -0.348 e. The zero-order valence-electron chi connectivity index (χ0n) is 12.3. The lowest BCUT2D eigenvalue weighted by Crippen LogP contribution is -2.30. The maximum atomic E-state index is 4.61. The molecule has 3 nitrogen and oxygen atoms in total. The van der Waals surface area contributed by atoms with E-state index >= 15 is 0 Å². The van der Waals surface area contributed by atoms with Crippen LogP contribution in [0.25, 0.3) is 0 Å². The van der Waals surface area contributed by atoms with Crippen LogP contribution in [0.3, 0.4) is 0 Å². The van der Waals surface area contributed by atoms with Crippen molar-refractivity contribution in [2.75, 3.05) is 18.5 Å². The van der Waals surface area contributed by atoms with E-state index in [4.69, 9.17) is 0 Å². The smallest absolute Gasteiger partial charge is 0.185 e. The molecule has 4 heteroatoms. The van der Waals surface area contributed by atoms with Gasteiger partial charge < -0.3 is 10.2 Å². The largest absolute Gasteiger partial charge is 0.348 e. The van der Waals surface area contributed by atoms with E-state index in [0.29, 0.717) is 6.04 Å². The second-order valence-electron chi connectivity index (χ2n) is 5.54. The van der Waals surface area contributed by atoms with Gasteiger partial charge in [0.15, 0.2) is 5.13 Å². The number of hydrogen-bond acceptors (Lipinski definition) is 4. The molecule has 0 amide bonds. The summed E-state index contributed by atoms with van der Waals surface area (Å²) in [6.45, 7) is 4.25. The normalized spacial score (nSPS) is 17.4. The number of thiazole rings is 1. The summed E-state index contributed by atoms with van der Waals surface area (Å²) in [5.74, 6) is 0. The fraction of sp³-hybridized carbons (Fsp3) is 0.800. The van der Waals surface area contributed by atoms with Crippen molar-refractivity contribution >= 4 is 16.5 Å². The molecule has 0 aliphatic heterocycles. The molecule has 0 atom stereocenters. The Morgan fingerprint density at radius 2 is 2.05 bits per heavy atom. The van der Waals surface area contributed by atoms with Crippen LogP contribution >= 0.6 is 11.3 Å². The van der Waals surface area contributed by atoms with Gasteiger partial charge in [0.05, 0.1) is 0 Å². The lowest BCUT2D eigenvalue weighted by atomic mass is 10.1. The van der Waals surface area contributed by atoms with Crippen LogP contribution in [0.5, 0.6) is 0 Å².